The Kier molecular flexibility index (Phi) is 5.98. The van der Waals surface area contributed by atoms with E-state index >= 15 is 0 Å². The first-order valence-corrected chi connectivity index (χ1v) is 7.84. The van der Waals surface area contributed by atoms with E-state index in [9.17, 15) is 4.79 Å². The lowest BCUT2D eigenvalue weighted by Crippen LogP contribution is -2.40. The average Bonchev–Trinajstić information content (AvgIpc) is 2.55. The second-order valence-electron chi connectivity index (χ2n) is 6.02. The molecule has 18 heavy (non-hydrogen) atoms. The summed E-state index contributed by atoms with van der Waals surface area (Å²) in [5.74, 6) is 1.12. The predicted molar refractivity (Wildman–Crippen MR) is 74.5 cm³/mol. The summed E-state index contributed by atoms with van der Waals surface area (Å²) in [6.45, 7) is 1.51. The highest BCUT2D eigenvalue weighted by molar-refractivity contribution is 5.78. The van der Waals surface area contributed by atoms with Crippen LogP contribution in [0.25, 0.3) is 0 Å². The number of carbonyl (C=O) groups excluding carboxylic acids is 1. The van der Waals surface area contributed by atoms with Crippen molar-refractivity contribution in [3.8, 4) is 0 Å². The summed E-state index contributed by atoms with van der Waals surface area (Å²) in [7, 11) is 0. The molecule has 0 unspecified atom stereocenters. The van der Waals surface area contributed by atoms with Crippen LogP contribution in [0.5, 0.6) is 0 Å². The van der Waals surface area contributed by atoms with Crippen molar-refractivity contribution in [2.45, 2.75) is 70.3 Å². The van der Waals surface area contributed by atoms with E-state index in [1.807, 2.05) is 0 Å². The molecule has 2 fully saturated rings. The van der Waals surface area contributed by atoms with Gasteiger partial charge in [0.2, 0.25) is 5.91 Å². The van der Waals surface area contributed by atoms with Crippen molar-refractivity contribution < 1.29 is 4.79 Å². The molecule has 2 saturated carbocycles. The topological polar surface area (TPSA) is 41.1 Å². The zero-order valence-electron chi connectivity index (χ0n) is 11.5. The van der Waals surface area contributed by atoms with Gasteiger partial charge in [0.05, 0.1) is 6.54 Å². The number of nitrogens with one attached hydrogen (secondary N) is 2. The van der Waals surface area contributed by atoms with E-state index in [0.29, 0.717) is 12.6 Å². The van der Waals surface area contributed by atoms with Gasteiger partial charge in [0.1, 0.15) is 0 Å². The second-order valence-corrected chi connectivity index (χ2v) is 6.02. The van der Waals surface area contributed by atoms with Crippen LogP contribution in [-0.2, 0) is 4.79 Å². The molecule has 0 aromatic rings. The van der Waals surface area contributed by atoms with Crippen LogP contribution in [0.1, 0.15) is 64.2 Å². The van der Waals surface area contributed by atoms with E-state index in [1.165, 1.54) is 64.2 Å². The van der Waals surface area contributed by atoms with Crippen LogP contribution < -0.4 is 10.6 Å². The number of hydrogen-bond acceptors (Lipinski definition) is 2. The zero-order valence-corrected chi connectivity index (χ0v) is 11.5. The molecule has 1 amide bonds. The largest absolute Gasteiger partial charge is 0.352 e. The monoisotopic (exact) mass is 252 g/mol. The quantitative estimate of drug-likeness (QED) is 0.563. The van der Waals surface area contributed by atoms with Crippen LogP contribution in [0.4, 0.5) is 0 Å². The third-order valence-electron chi connectivity index (χ3n) is 4.46. The highest BCUT2D eigenvalue weighted by atomic mass is 16.1. The predicted octanol–water partition coefficient (Wildman–Crippen LogP) is 2.61. The molecule has 0 aromatic heterocycles. The Bertz CT molecular complexity index is 243. The number of rotatable bonds is 6. The van der Waals surface area contributed by atoms with Crippen LogP contribution >= 0.6 is 0 Å². The summed E-state index contributed by atoms with van der Waals surface area (Å²) in [6.07, 6.45) is 13.0. The Balaban J connectivity index is 1.50. The molecule has 2 rings (SSSR count). The molecule has 2 aliphatic rings. The smallest absolute Gasteiger partial charge is 0.234 e. The second kappa shape index (κ2) is 7.78. The molecule has 2 aliphatic carbocycles. The molecule has 0 spiro atoms. The standard InChI is InChI=1S/C15H28N2O/c18-15(12-16-11-10-13-6-5-7-13)17-14-8-3-1-2-4-9-14/h13-14,16H,1-12H2,(H,17,18). The lowest BCUT2D eigenvalue weighted by Gasteiger charge is -2.25. The Hall–Kier alpha value is -0.570. The Morgan fingerprint density at radius 1 is 0.944 bits per heavy atom. The minimum absolute atomic E-state index is 0.190. The first kappa shape index (κ1) is 13.9. The minimum atomic E-state index is 0.190. The van der Waals surface area contributed by atoms with Crippen LogP contribution in [-0.4, -0.2) is 25.0 Å². The zero-order chi connectivity index (χ0) is 12.6. The van der Waals surface area contributed by atoms with E-state index in [1.54, 1.807) is 0 Å². The van der Waals surface area contributed by atoms with Crippen LogP contribution in [0.15, 0.2) is 0 Å². The summed E-state index contributed by atoms with van der Waals surface area (Å²) in [5.41, 5.74) is 0. The summed E-state index contributed by atoms with van der Waals surface area (Å²) >= 11 is 0. The fraction of sp³-hybridized carbons (Fsp3) is 0.933. The Labute approximate surface area is 111 Å². The van der Waals surface area contributed by atoms with Gasteiger partial charge in [0.25, 0.3) is 0 Å². The molecule has 0 heterocycles. The lowest BCUT2D eigenvalue weighted by molar-refractivity contribution is -0.121. The Morgan fingerprint density at radius 2 is 1.67 bits per heavy atom. The normalized spacial score (nSPS) is 22.2. The summed E-state index contributed by atoms with van der Waals surface area (Å²) in [5, 5.41) is 6.45. The van der Waals surface area contributed by atoms with Gasteiger partial charge in [0.15, 0.2) is 0 Å². The molecule has 104 valence electrons. The molecule has 0 atom stereocenters. The first-order chi connectivity index (χ1) is 8.84. The van der Waals surface area contributed by atoms with Crippen molar-refractivity contribution in [1.82, 2.24) is 10.6 Å². The Morgan fingerprint density at radius 3 is 2.28 bits per heavy atom. The van der Waals surface area contributed by atoms with Crippen molar-refractivity contribution in [3.05, 3.63) is 0 Å². The molecule has 0 bridgehead atoms. The highest BCUT2D eigenvalue weighted by Gasteiger charge is 2.17. The average molecular weight is 252 g/mol. The summed E-state index contributed by atoms with van der Waals surface area (Å²) in [6, 6.07) is 0.438. The molecule has 0 aromatic carbocycles. The van der Waals surface area contributed by atoms with Crippen LogP contribution in [0.3, 0.4) is 0 Å². The number of carbonyl (C=O) groups is 1. The van der Waals surface area contributed by atoms with Crippen molar-refractivity contribution in [1.29, 1.82) is 0 Å². The third kappa shape index (κ3) is 4.97. The molecule has 0 radical (unpaired) electrons. The van der Waals surface area contributed by atoms with Gasteiger partial charge in [-0.3, -0.25) is 4.79 Å². The molecule has 2 N–H and O–H groups in total. The van der Waals surface area contributed by atoms with Gasteiger partial charge in [-0.25, -0.2) is 0 Å². The maximum atomic E-state index is 11.8. The molecule has 3 nitrogen and oxygen atoms in total. The maximum absolute atomic E-state index is 11.8. The molecule has 3 heteroatoms. The third-order valence-corrected chi connectivity index (χ3v) is 4.46. The number of amides is 1. The van der Waals surface area contributed by atoms with Gasteiger partial charge in [-0.15, -0.1) is 0 Å². The maximum Gasteiger partial charge on any atom is 0.234 e. The van der Waals surface area contributed by atoms with E-state index in [0.717, 1.165) is 12.5 Å². The summed E-state index contributed by atoms with van der Waals surface area (Å²) in [4.78, 5) is 11.8. The van der Waals surface area contributed by atoms with Gasteiger partial charge in [0, 0.05) is 6.04 Å². The van der Waals surface area contributed by atoms with Crippen molar-refractivity contribution in [3.63, 3.8) is 0 Å². The lowest BCUT2D eigenvalue weighted by atomic mass is 9.83. The fourth-order valence-corrected chi connectivity index (χ4v) is 2.99. The first-order valence-electron chi connectivity index (χ1n) is 7.84. The molecule has 0 aliphatic heterocycles. The molecular formula is C15H28N2O. The van der Waals surface area contributed by atoms with E-state index < -0.39 is 0 Å². The minimum Gasteiger partial charge on any atom is -0.352 e. The van der Waals surface area contributed by atoms with Crippen LogP contribution in [0.2, 0.25) is 0 Å². The van der Waals surface area contributed by atoms with Gasteiger partial charge in [-0.05, 0) is 31.7 Å². The van der Waals surface area contributed by atoms with E-state index in [4.69, 9.17) is 0 Å². The van der Waals surface area contributed by atoms with Gasteiger partial charge in [-0.1, -0.05) is 44.9 Å². The van der Waals surface area contributed by atoms with Crippen LogP contribution in [0, 0.1) is 5.92 Å². The fourth-order valence-electron chi connectivity index (χ4n) is 2.99. The molecule has 0 saturated heterocycles. The SMILES string of the molecule is O=C(CNCCC1CCC1)NC1CCCCCC1. The van der Waals surface area contributed by atoms with Gasteiger partial charge >= 0.3 is 0 Å². The van der Waals surface area contributed by atoms with Crippen molar-refractivity contribution in [2.75, 3.05) is 13.1 Å². The van der Waals surface area contributed by atoms with Crippen molar-refractivity contribution >= 4 is 5.91 Å². The van der Waals surface area contributed by atoms with Crippen molar-refractivity contribution in [2.24, 2.45) is 5.92 Å². The summed E-state index contributed by atoms with van der Waals surface area (Å²) < 4.78 is 0. The van der Waals surface area contributed by atoms with Gasteiger partial charge in [-0.2, -0.15) is 0 Å². The molecular weight excluding hydrogens is 224 g/mol. The van der Waals surface area contributed by atoms with Gasteiger partial charge < -0.3 is 10.6 Å². The van der Waals surface area contributed by atoms with E-state index in [2.05, 4.69) is 10.6 Å². The number of hydrogen-bond donors (Lipinski definition) is 2. The van der Waals surface area contributed by atoms with E-state index in [-0.39, 0.29) is 5.91 Å². The highest BCUT2D eigenvalue weighted by Crippen LogP contribution is 2.28.